The van der Waals surface area contributed by atoms with E-state index in [1.807, 2.05) is 0 Å². The molecule has 0 heterocycles. The molecule has 0 rings (SSSR count). The van der Waals surface area contributed by atoms with Crippen LogP contribution in [0.4, 0.5) is 0 Å². The molecule has 0 radical (unpaired) electrons. The molecule has 0 saturated carbocycles. The van der Waals surface area contributed by atoms with Crippen LogP contribution in [0.3, 0.4) is 0 Å². The van der Waals surface area contributed by atoms with Gasteiger partial charge in [0.25, 0.3) is 0 Å². The average molecular weight is 1330 g/mol. The normalized spacial score (nSPS) is 12.9. The Morgan fingerprint density at radius 2 is 0.527 bits per heavy atom. The van der Waals surface area contributed by atoms with Gasteiger partial charge in [0.05, 0.1) is 13.2 Å². The van der Waals surface area contributed by atoms with Crippen molar-refractivity contribution >= 4 is 19.8 Å². The van der Waals surface area contributed by atoms with E-state index in [2.05, 4.69) is 38.2 Å². The van der Waals surface area contributed by atoms with Crippen molar-refractivity contribution in [3.63, 3.8) is 0 Å². The minimum Gasteiger partial charge on any atom is -0.462 e. The number of phosphoric acid groups is 1. The number of hydrogen-bond acceptors (Lipinski definition) is 8. The van der Waals surface area contributed by atoms with Gasteiger partial charge in [-0.25, -0.2) is 4.57 Å². The van der Waals surface area contributed by atoms with E-state index in [1.165, 1.54) is 398 Å². The lowest BCUT2D eigenvalue weighted by Crippen LogP contribution is -2.29. The minimum absolute atomic E-state index is 0.0575. The van der Waals surface area contributed by atoms with E-state index in [0.717, 1.165) is 32.1 Å². The van der Waals surface area contributed by atoms with Crippen molar-refractivity contribution in [1.29, 1.82) is 0 Å². The predicted octanol–water partition coefficient (Wildman–Crippen LogP) is 28.0. The molecule has 0 saturated heterocycles. The third-order valence-corrected chi connectivity index (χ3v) is 20.3. The van der Waals surface area contributed by atoms with Crippen LogP contribution in [0.1, 0.15) is 463 Å². The van der Waals surface area contributed by atoms with Gasteiger partial charge in [0.15, 0.2) is 6.10 Å². The van der Waals surface area contributed by atoms with Crippen molar-refractivity contribution in [2.75, 3.05) is 26.4 Å². The molecule has 0 aliphatic carbocycles. The smallest absolute Gasteiger partial charge is 0.462 e. The van der Waals surface area contributed by atoms with Crippen LogP contribution in [0.25, 0.3) is 0 Å². The summed E-state index contributed by atoms with van der Waals surface area (Å²) in [4.78, 5) is 35.5. The van der Waals surface area contributed by atoms with Crippen LogP contribution in [0.5, 0.6) is 0 Å². The van der Waals surface area contributed by atoms with Crippen LogP contribution in [0.2, 0.25) is 0 Å². The number of unbranched alkanes of at least 4 members (excludes halogenated alkanes) is 64. The summed E-state index contributed by atoms with van der Waals surface area (Å²) < 4.78 is 33.3. The minimum atomic E-state index is -4.39. The van der Waals surface area contributed by atoms with Gasteiger partial charge in [-0.15, -0.1) is 0 Å². The van der Waals surface area contributed by atoms with Gasteiger partial charge in [-0.2, -0.15) is 0 Å². The first-order valence-electron chi connectivity index (χ1n) is 41.8. The molecule has 0 bridgehead atoms. The lowest BCUT2D eigenvalue weighted by molar-refractivity contribution is -0.161. The van der Waals surface area contributed by atoms with Crippen LogP contribution < -0.4 is 5.73 Å². The Balaban J connectivity index is 3.72. The zero-order valence-corrected chi connectivity index (χ0v) is 63.4. The molecule has 3 N–H and O–H groups in total. The maximum Gasteiger partial charge on any atom is 0.472 e. The zero-order chi connectivity index (χ0) is 67.2. The summed E-state index contributed by atoms with van der Waals surface area (Å²) in [6.45, 7) is 3.84. The number of esters is 2. The van der Waals surface area contributed by atoms with E-state index in [0.29, 0.717) is 6.42 Å². The monoisotopic (exact) mass is 1330 g/mol. The number of hydrogen-bond donors (Lipinski definition) is 2. The molecule has 0 aliphatic heterocycles. The highest BCUT2D eigenvalue weighted by Crippen LogP contribution is 2.43. The molecule has 0 aliphatic rings. The fourth-order valence-electron chi connectivity index (χ4n) is 13.1. The summed E-state index contributed by atoms with van der Waals surface area (Å²) in [5, 5.41) is 0. The second kappa shape index (κ2) is 79.5. The molecule has 552 valence electrons. The summed E-state index contributed by atoms with van der Waals surface area (Å²) in [7, 11) is -4.39. The van der Waals surface area contributed by atoms with Gasteiger partial charge in [0.1, 0.15) is 6.61 Å². The maximum absolute atomic E-state index is 12.8. The highest BCUT2D eigenvalue weighted by Gasteiger charge is 2.26. The third-order valence-electron chi connectivity index (χ3n) is 19.3. The topological polar surface area (TPSA) is 134 Å². The highest BCUT2D eigenvalue weighted by atomic mass is 31.2. The van der Waals surface area contributed by atoms with Crippen molar-refractivity contribution in [2.24, 2.45) is 5.73 Å². The Labute approximate surface area is 580 Å². The van der Waals surface area contributed by atoms with Crippen LogP contribution in [-0.4, -0.2) is 49.3 Å². The number of rotatable bonds is 81. The van der Waals surface area contributed by atoms with Crippen LogP contribution >= 0.6 is 7.82 Å². The van der Waals surface area contributed by atoms with Crippen molar-refractivity contribution in [3.05, 3.63) is 24.3 Å². The number of carbonyl (C=O) groups excluding carboxylic acids is 2. The molecule has 9 nitrogen and oxygen atoms in total. The first-order chi connectivity index (χ1) is 45.8. The molecule has 93 heavy (non-hydrogen) atoms. The quantitative estimate of drug-likeness (QED) is 0.0264. The molecule has 10 heteroatoms. The Morgan fingerprint density at radius 1 is 0.312 bits per heavy atom. The summed E-state index contributed by atoms with van der Waals surface area (Å²) in [5.41, 5.74) is 5.42. The molecule has 0 aromatic rings. The molecule has 0 aromatic carbocycles. The lowest BCUT2D eigenvalue weighted by Gasteiger charge is -2.19. The number of ether oxygens (including phenoxy) is 2. The van der Waals surface area contributed by atoms with Gasteiger partial charge in [0.2, 0.25) is 0 Å². The molecule has 0 fully saturated rings. The number of nitrogens with two attached hydrogens (primary N) is 1. The Bertz CT molecular complexity index is 1570. The fraction of sp³-hybridized carbons (Fsp3) is 0.928. The fourth-order valence-corrected chi connectivity index (χ4v) is 13.9. The van der Waals surface area contributed by atoms with E-state index < -0.39 is 26.5 Å². The standard InChI is InChI=1S/C83H162NO8P/c1-3-5-7-9-11-13-15-17-19-21-23-25-27-29-31-33-35-37-38-39-40-41-42-44-46-48-50-52-54-56-58-60-62-64-66-68-70-72-74-76-83(86)92-81(80-91-93(87,88)90-78-77-84)79-89-82(85)75-73-71-69-67-65-63-61-59-57-55-53-51-49-47-45-43-36-34-32-30-28-26-24-22-20-18-16-14-12-10-8-6-4-2/h21-24,81H,3-20,25-80,84H2,1-2H3,(H,87,88)/b23-21-,24-22-. The molecule has 0 amide bonds. The van der Waals surface area contributed by atoms with Gasteiger partial charge in [-0.3, -0.25) is 18.6 Å². The van der Waals surface area contributed by atoms with Gasteiger partial charge < -0.3 is 20.1 Å². The van der Waals surface area contributed by atoms with Gasteiger partial charge in [-0.1, -0.05) is 411 Å². The number of allylic oxidation sites excluding steroid dienone is 4. The summed E-state index contributed by atoms with van der Waals surface area (Å²) in [5.74, 6) is -0.797. The molecular formula is C83H162NO8P. The lowest BCUT2D eigenvalue weighted by atomic mass is 10.0. The van der Waals surface area contributed by atoms with Gasteiger partial charge >= 0.3 is 19.8 Å². The molecule has 0 aromatic heterocycles. The SMILES string of the molecule is CCCCCCCCCC/C=C\CCCCCCCCCCCCCCCCCCCCCCCCCCCCCC(=O)OC(COC(=O)CCCCCCCCCCCCCCCCCCCCCCC/C=C\CCCCCCCCCC)COP(=O)(O)OCCN. The van der Waals surface area contributed by atoms with Crippen LogP contribution in [-0.2, 0) is 32.7 Å². The Morgan fingerprint density at radius 3 is 0.763 bits per heavy atom. The Kier molecular flexibility index (Phi) is 78.2. The first kappa shape index (κ1) is 91.5. The van der Waals surface area contributed by atoms with E-state index in [4.69, 9.17) is 24.3 Å². The average Bonchev–Trinajstić information content (AvgIpc) is 3.60. The zero-order valence-electron chi connectivity index (χ0n) is 62.5. The summed E-state index contributed by atoms with van der Waals surface area (Å²) in [6, 6.07) is 0. The van der Waals surface area contributed by atoms with Gasteiger partial charge in [-0.05, 0) is 64.2 Å². The highest BCUT2D eigenvalue weighted by molar-refractivity contribution is 7.47. The molecule has 2 unspecified atom stereocenters. The number of phosphoric ester groups is 1. The summed E-state index contributed by atoms with van der Waals surface area (Å²) in [6.07, 6.45) is 101. The predicted molar refractivity (Wildman–Crippen MR) is 404 cm³/mol. The van der Waals surface area contributed by atoms with E-state index in [9.17, 15) is 19.0 Å². The third kappa shape index (κ3) is 79.4. The maximum atomic E-state index is 12.8. The van der Waals surface area contributed by atoms with Crippen molar-refractivity contribution in [2.45, 2.75) is 469 Å². The Hall–Kier alpha value is -1.51. The molecular weight excluding hydrogens is 1170 g/mol. The van der Waals surface area contributed by atoms with E-state index >= 15 is 0 Å². The molecule has 0 spiro atoms. The second-order valence-electron chi connectivity index (χ2n) is 28.7. The van der Waals surface area contributed by atoms with Crippen molar-refractivity contribution in [1.82, 2.24) is 0 Å². The van der Waals surface area contributed by atoms with E-state index in [1.54, 1.807) is 0 Å². The van der Waals surface area contributed by atoms with E-state index in [-0.39, 0.29) is 38.6 Å². The van der Waals surface area contributed by atoms with Gasteiger partial charge in [0, 0.05) is 19.4 Å². The number of carbonyl (C=O) groups is 2. The first-order valence-corrected chi connectivity index (χ1v) is 43.3. The largest absolute Gasteiger partial charge is 0.472 e. The summed E-state index contributed by atoms with van der Waals surface area (Å²) >= 11 is 0. The van der Waals surface area contributed by atoms with Crippen molar-refractivity contribution < 1.29 is 37.6 Å². The molecule has 2 atom stereocenters. The van der Waals surface area contributed by atoms with Crippen molar-refractivity contribution in [3.8, 4) is 0 Å². The van der Waals surface area contributed by atoms with Crippen LogP contribution in [0, 0.1) is 0 Å². The van der Waals surface area contributed by atoms with Crippen LogP contribution in [0.15, 0.2) is 24.3 Å². The second-order valence-corrected chi connectivity index (χ2v) is 30.2.